The summed E-state index contributed by atoms with van der Waals surface area (Å²) >= 11 is 0. The minimum Gasteiger partial charge on any atom is -0.471 e. The molecule has 0 radical (unpaired) electrons. The molecule has 2 aromatic rings. The monoisotopic (exact) mass is 602 g/mol. The molecular formula is C29H36F6N4O3. The largest absolute Gasteiger partial charge is 0.471 e. The van der Waals surface area contributed by atoms with E-state index in [1.165, 1.54) is 25.7 Å². The summed E-state index contributed by atoms with van der Waals surface area (Å²) in [5.41, 5.74) is 5.56. The number of aliphatic imine (C=N–C) groups is 1. The zero-order valence-electron chi connectivity index (χ0n) is 23.6. The van der Waals surface area contributed by atoms with E-state index in [1.807, 2.05) is 0 Å². The minimum atomic E-state index is -4.70. The topological polar surface area (TPSA) is 97.0 Å². The zero-order chi connectivity index (χ0) is 31.8. The first-order valence-corrected chi connectivity index (χ1v) is 13.0. The normalized spacial score (nSPS) is 14.4. The van der Waals surface area contributed by atoms with Gasteiger partial charge in [0.25, 0.3) is 6.47 Å². The second-order valence-electron chi connectivity index (χ2n) is 9.34. The maximum atomic E-state index is 13.7. The van der Waals surface area contributed by atoms with Crippen molar-refractivity contribution in [1.82, 2.24) is 4.90 Å². The van der Waals surface area contributed by atoms with Crippen molar-refractivity contribution in [2.45, 2.75) is 57.9 Å². The SMILES string of the molecule is CC(F)(F)F.CN(Cc1ccc(N/C(=C/N)C(=Nc2ccccc2)C(F)(F)F)cc1)C(=O)C1CCCCC1.COC=O. The zero-order valence-corrected chi connectivity index (χ0v) is 23.6. The number of nitrogens with zero attached hydrogens (tertiary/aromatic N) is 2. The second-order valence-corrected chi connectivity index (χ2v) is 9.34. The third kappa shape index (κ3) is 14.6. The molecule has 42 heavy (non-hydrogen) atoms. The van der Waals surface area contributed by atoms with Crippen LogP contribution < -0.4 is 11.1 Å². The average molecular weight is 603 g/mol. The number of carbonyl (C=O) groups is 2. The van der Waals surface area contributed by atoms with Crippen LogP contribution in [-0.4, -0.2) is 49.5 Å². The molecule has 0 atom stereocenters. The summed E-state index contributed by atoms with van der Waals surface area (Å²) in [5.74, 6) is 0.240. The fraction of sp³-hybridized carbons (Fsp3) is 0.414. The van der Waals surface area contributed by atoms with Gasteiger partial charge in [-0.25, -0.2) is 4.99 Å². The Balaban J connectivity index is 0.000000856. The third-order valence-electron chi connectivity index (χ3n) is 5.77. The van der Waals surface area contributed by atoms with E-state index in [1.54, 1.807) is 54.4 Å². The van der Waals surface area contributed by atoms with Gasteiger partial charge in [0, 0.05) is 38.3 Å². The molecule has 1 aliphatic carbocycles. The fourth-order valence-corrected chi connectivity index (χ4v) is 3.95. The number of amides is 1. The van der Waals surface area contributed by atoms with Crippen molar-refractivity contribution in [2.75, 3.05) is 19.5 Å². The summed E-state index contributed by atoms with van der Waals surface area (Å²) in [7, 11) is 3.10. The average Bonchev–Trinajstić information content (AvgIpc) is 2.95. The van der Waals surface area contributed by atoms with Crippen molar-refractivity contribution in [3.8, 4) is 0 Å². The Bertz CT molecular complexity index is 1140. The van der Waals surface area contributed by atoms with Gasteiger partial charge >= 0.3 is 12.4 Å². The van der Waals surface area contributed by atoms with Crippen LogP contribution in [-0.2, 0) is 20.9 Å². The molecular weight excluding hydrogens is 566 g/mol. The van der Waals surface area contributed by atoms with E-state index in [0.717, 1.165) is 37.4 Å². The molecule has 1 saturated carbocycles. The number of ether oxygens (including phenoxy) is 1. The highest BCUT2D eigenvalue weighted by atomic mass is 19.4. The van der Waals surface area contributed by atoms with E-state index >= 15 is 0 Å². The lowest BCUT2D eigenvalue weighted by Crippen LogP contribution is -2.33. The Kier molecular flexibility index (Phi) is 15.2. The van der Waals surface area contributed by atoms with Crippen LogP contribution in [0, 0.1) is 5.92 Å². The Labute approximate surface area is 241 Å². The van der Waals surface area contributed by atoms with Crippen molar-refractivity contribution in [3.63, 3.8) is 0 Å². The number of halogens is 6. The lowest BCUT2D eigenvalue weighted by atomic mass is 9.88. The van der Waals surface area contributed by atoms with Gasteiger partial charge in [0.2, 0.25) is 5.91 Å². The van der Waals surface area contributed by atoms with Crippen LogP contribution in [0.4, 0.5) is 37.7 Å². The highest BCUT2D eigenvalue weighted by Gasteiger charge is 2.38. The number of benzene rings is 2. The summed E-state index contributed by atoms with van der Waals surface area (Å²) in [6.07, 6.45) is -2.59. The molecule has 3 N–H and O–H groups in total. The van der Waals surface area contributed by atoms with Gasteiger partial charge in [-0.3, -0.25) is 9.59 Å². The third-order valence-corrected chi connectivity index (χ3v) is 5.77. The molecule has 2 aromatic carbocycles. The summed E-state index contributed by atoms with van der Waals surface area (Å²) in [4.78, 5) is 27.1. The van der Waals surface area contributed by atoms with E-state index in [-0.39, 0.29) is 30.1 Å². The first kappa shape index (κ1) is 36.0. The molecule has 0 heterocycles. The molecule has 7 nitrogen and oxygen atoms in total. The molecule has 1 fully saturated rings. The molecule has 0 bridgehead atoms. The Morgan fingerprint density at radius 1 is 1.02 bits per heavy atom. The van der Waals surface area contributed by atoms with Crippen molar-refractivity contribution in [3.05, 3.63) is 72.1 Å². The van der Waals surface area contributed by atoms with Gasteiger partial charge < -0.3 is 20.7 Å². The first-order valence-electron chi connectivity index (χ1n) is 13.0. The Morgan fingerprint density at radius 3 is 2.00 bits per heavy atom. The number of alkyl halides is 6. The lowest BCUT2D eigenvalue weighted by Gasteiger charge is -2.26. The summed E-state index contributed by atoms with van der Waals surface area (Å²) in [6.45, 7) is 1.01. The van der Waals surface area contributed by atoms with Crippen molar-refractivity contribution < 1.29 is 40.7 Å². The molecule has 0 aromatic heterocycles. The fourth-order valence-electron chi connectivity index (χ4n) is 3.95. The summed E-state index contributed by atoms with van der Waals surface area (Å²) in [6, 6.07) is 14.8. The van der Waals surface area contributed by atoms with Gasteiger partial charge in [0.05, 0.1) is 18.5 Å². The highest BCUT2D eigenvalue weighted by Crippen LogP contribution is 2.28. The van der Waals surface area contributed by atoms with Gasteiger partial charge in [-0.15, -0.1) is 0 Å². The van der Waals surface area contributed by atoms with Gasteiger partial charge in [-0.1, -0.05) is 49.6 Å². The molecule has 0 spiro atoms. The minimum absolute atomic E-state index is 0.0895. The number of anilines is 1. The maximum absolute atomic E-state index is 13.7. The number of hydrogen-bond acceptors (Lipinski definition) is 6. The number of nitrogens with two attached hydrogens (primary N) is 1. The van der Waals surface area contributed by atoms with E-state index in [2.05, 4.69) is 15.0 Å². The van der Waals surface area contributed by atoms with Crippen molar-refractivity contribution >= 4 is 29.5 Å². The van der Waals surface area contributed by atoms with Crippen LogP contribution in [0.3, 0.4) is 0 Å². The van der Waals surface area contributed by atoms with Crippen LogP contribution >= 0.6 is 0 Å². The van der Waals surface area contributed by atoms with Crippen molar-refractivity contribution in [1.29, 1.82) is 0 Å². The predicted molar refractivity (Wildman–Crippen MR) is 150 cm³/mol. The summed E-state index contributed by atoms with van der Waals surface area (Å²) < 4.78 is 76.0. The quantitative estimate of drug-likeness (QED) is 0.190. The molecule has 1 amide bonds. The molecule has 13 heteroatoms. The van der Waals surface area contributed by atoms with E-state index < -0.39 is 18.1 Å². The van der Waals surface area contributed by atoms with Gasteiger partial charge in [0.15, 0.2) is 5.71 Å². The van der Waals surface area contributed by atoms with Crippen LogP contribution in [0.25, 0.3) is 0 Å². The lowest BCUT2D eigenvalue weighted by molar-refractivity contribution is -0.135. The first-order chi connectivity index (χ1) is 19.7. The van der Waals surface area contributed by atoms with E-state index in [9.17, 15) is 31.1 Å². The number of allylic oxidation sites excluding steroid dienone is 1. The second kappa shape index (κ2) is 17.7. The maximum Gasteiger partial charge on any atom is 0.435 e. The van der Waals surface area contributed by atoms with Crippen LogP contribution in [0.15, 0.2) is 71.5 Å². The molecule has 0 unspecified atom stereocenters. The molecule has 232 valence electrons. The van der Waals surface area contributed by atoms with E-state index in [4.69, 9.17) is 10.5 Å². The summed E-state index contributed by atoms with van der Waals surface area (Å²) in [5, 5.41) is 2.72. The molecule has 1 aliphatic rings. The molecule has 0 saturated heterocycles. The molecule has 3 rings (SSSR count). The van der Waals surface area contributed by atoms with Gasteiger partial charge in [0.1, 0.15) is 0 Å². The molecule has 0 aliphatic heterocycles. The number of nitrogens with one attached hydrogen (secondary N) is 1. The standard InChI is InChI=1S/C25H29F3N4O.C2H3F3.C2H4O2/c1-32(24(33)19-8-4-2-5-9-19)17-18-12-14-21(15-13-18)30-22(16-29)23(25(26,27)28)31-20-10-6-3-7-11-20;1-2(3,4)5;1-4-2-3/h3,6-7,10-16,19,30H,2,4-5,8-9,17,29H2,1H3;1H3;2H,1H3/b22-16+,31-23?;;. The highest BCUT2D eigenvalue weighted by molar-refractivity contribution is 6.07. The van der Waals surface area contributed by atoms with Gasteiger partial charge in [-0.05, 0) is 42.7 Å². The number of para-hydroxylation sites is 1. The van der Waals surface area contributed by atoms with E-state index in [0.29, 0.717) is 18.7 Å². The number of carbonyl (C=O) groups excluding carboxylic acids is 2. The Hall–Kier alpha value is -4.03. The number of methoxy groups -OCH3 is 1. The van der Waals surface area contributed by atoms with Crippen LogP contribution in [0.5, 0.6) is 0 Å². The van der Waals surface area contributed by atoms with Crippen LogP contribution in [0.2, 0.25) is 0 Å². The number of rotatable bonds is 8. The van der Waals surface area contributed by atoms with Gasteiger partial charge in [-0.2, -0.15) is 26.3 Å². The number of hydrogen-bond donors (Lipinski definition) is 2. The smallest absolute Gasteiger partial charge is 0.435 e. The van der Waals surface area contributed by atoms with Crippen LogP contribution in [0.1, 0.15) is 44.6 Å². The Morgan fingerprint density at radius 2 is 1.55 bits per heavy atom. The predicted octanol–water partition coefficient (Wildman–Crippen LogP) is 7.13. The van der Waals surface area contributed by atoms with Crippen molar-refractivity contribution in [2.24, 2.45) is 16.6 Å².